The average molecular weight is 309 g/mol. The van der Waals surface area contributed by atoms with Crippen molar-refractivity contribution in [3.8, 4) is 5.75 Å². The fraction of sp³-hybridized carbons (Fsp3) is 0.400. The number of ether oxygens (including phenoxy) is 2. The lowest BCUT2D eigenvalue weighted by molar-refractivity contribution is 0.197. The molecule has 1 heterocycles. The molecule has 0 aliphatic carbocycles. The lowest BCUT2D eigenvalue weighted by atomic mass is 10.3. The van der Waals surface area contributed by atoms with E-state index in [0.29, 0.717) is 42.4 Å². The lowest BCUT2D eigenvalue weighted by Crippen LogP contribution is -2.10. The molecule has 0 spiro atoms. The molecule has 7 heteroatoms. The van der Waals surface area contributed by atoms with Gasteiger partial charge in [-0.15, -0.1) is 0 Å². The van der Waals surface area contributed by atoms with Crippen LogP contribution in [0.4, 0.5) is 10.4 Å². The zero-order chi connectivity index (χ0) is 15.8. The van der Waals surface area contributed by atoms with Crippen LogP contribution in [0.3, 0.4) is 0 Å². The fourth-order valence-corrected chi connectivity index (χ4v) is 1.79. The Morgan fingerprint density at radius 2 is 2.36 bits per heavy atom. The molecule has 6 nitrogen and oxygen atoms in total. The zero-order valence-electron chi connectivity index (χ0n) is 12.5. The van der Waals surface area contributed by atoms with Gasteiger partial charge in [0.2, 0.25) is 0 Å². The maximum atomic E-state index is 12.4. The summed E-state index contributed by atoms with van der Waals surface area (Å²) < 4.78 is 28.5. The molecule has 0 aliphatic rings. The molecule has 0 radical (unpaired) electrons. The number of nitrogens with zero attached hydrogens (tertiary/aromatic N) is 1. The number of hydrogen-bond donors (Lipinski definition) is 2. The van der Waals surface area contributed by atoms with Crippen molar-refractivity contribution in [2.45, 2.75) is 6.42 Å². The van der Waals surface area contributed by atoms with Crippen LogP contribution in [-0.2, 0) is 4.74 Å². The smallest absolute Gasteiger partial charge is 0.295 e. The SMILES string of the molecule is COCCCNc1nc2ccc(OC/C(=C\F)CN)cc2o1. The van der Waals surface area contributed by atoms with Gasteiger partial charge in [0, 0.05) is 38.4 Å². The molecule has 0 unspecified atom stereocenters. The summed E-state index contributed by atoms with van der Waals surface area (Å²) in [6.07, 6.45) is 1.33. The second kappa shape index (κ2) is 8.35. The number of hydrogen-bond acceptors (Lipinski definition) is 6. The summed E-state index contributed by atoms with van der Waals surface area (Å²) in [6, 6.07) is 5.71. The van der Waals surface area contributed by atoms with Crippen molar-refractivity contribution in [2.24, 2.45) is 5.73 Å². The third-order valence-electron chi connectivity index (χ3n) is 3.00. The Labute approximate surface area is 128 Å². The van der Waals surface area contributed by atoms with Crippen molar-refractivity contribution in [3.05, 3.63) is 30.1 Å². The molecule has 1 aromatic carbocycles. The van der Waals surface area contributed by atoms with E-state index in [-0.39, 0.29) is 13.2 Å². The molecule has 0 saturated carbocycles. The van der Waals surface area contributed by atoms with Crippen LogP contribution in [0.25, 0.3) is 11.1 Å². The fourth-order valence-electron chi connectivity index (χ4n) is 1.79. The summed E-state index contributed by atoms with van der Waals surface area (Å²) in [5.74, 6) is 0.572. The van der Waals surface area contributed by atoms with Crippen LogP contribution < -0.4 is 15.8 Å². The molecule has 2 rings (SSSR count). The van der Waals surface area contributed by atoms with E-state index < -0.39 is 0 Å². The van der Waals surface area contributed by atoms with Gasteiger partial charge in [-0.25, -0.2) is 4.39 Å². The topological polar surface area (TPSA) is 82.5 Å². The van der Waals surface area contributed by atoms with Crippen molar-refractivity contribution in [2.75, 3.05) is 38.7 Å². The summed E-state index contributed by atoms with van der Waals surface area (Å²) in [5.41, 5.74) is 7.09. The second-order valence-corrected chi connectivity index (χ2v) is 4.68. The Morgan fingerprint density at radius 3 is 3.09 bits per heavy atom. The molecule has 0 bridgehead atoms. The normalized spacial score (nSPS) is 11.9. The standard InChI is InChI=1S/C15H20FN3O3/c1-20-6-2-5-18-15-19-13-4-3-12(7-14(13)22-15)21-10-11(8-16)9-17/h3-4,7-8H,2,5-6,9-10,17H2,1H3,(H,18,19)/b11-8-. The molecule has 0 amide bonds. The molecular weight excluding hydrogens is 289 g/mol. The quantitative estimate of drug-likeness (QED) is 0.692. The van der Waals surface area contributed by atoms with Crippen LogP contribution in [0.2, 0.25) is 0 Å². The van der Waals surface area contributed by atoms with Gasteiger partial charge in [-0.1, -0.05) is 0 Å². The number of fused-ring (bicyclic) bond motifs is 1. The molecule has 3 N–H and O–H groups in total. The van der Waals surface area contributed by atoms with Crippen LogP contribution in [-0.4, -0.2) is 38.4 Å². The number of nitrogens with two attached hydrogens (primary N) is 1. The van der Waals surface area contributed by atoms with E-state index in [1.165, 1.54) is 0 Å². The van der Waals surface area contributed by atoms with Crippen LogP contribution in [0.5, 0.6) is 5.75 Å². The van der Waals surface area contributed by atoms with E-state index in [9.17, 15) is 4.39 Å². The Hall–Kier alpha value is -2.12. The van der Waals surface area contributed by atoms with Gasteiger partial charge in [0.05, 0.1) is 6.33 Å². The van der Waals surface area contributed by atoms with Crippen molar-refractivity contribution in [1.82, 2.24) is 4.98 Å². The first-order valence-corrected chi connectivity index (χ1v) is 7.01. The van der Waals surface area contributed by atoms with Gasteiger partial charge in [0.25, 0.3) is 6.01 Å². The number of aromatic nitrogens is 1. The number of rotatable bonds is 9. The first kappa shape index (κ1) is 16.3. The van der Waals surface area contributed by atoms with E-state index in [1.54, 1.807) is 25.3 Å². The van der Waals surface area contributed by atoms with Crippen molar-refractivity contribution >= 4 is 17.1 Å². The third-order valence-corrected chi connectivity index (χ3v) is 3.00. The summed E-state index contributed by atoms with van der Waals surface area (Å²) in [6.45, 7) is 1.62. The number of methoxy groups -OCH3 is 1. The van der Waals surface area contributed by atoms with Crippen LogP contribution in [0.15, 0.2) is 34.5 Å². The molecule has 1 aromatic heterocycles. The predicted octanol–water partition coefficient (Wildman–Crippen LogP) is 2.47. The van der Waals surface area contributed by atoms with Crippen molar-refractivity contribution in [1.29, 1.82) is 0 Å². The minimum absolute atomic E-state index is 0.106. The monoisotopic (exact) mass is 309 g/mol. The first-order valence-electron chi connectivity index (χ1n) is 7.01. The van der Waals surface area contributed by atoms with E-state index in [4.69, 9.17) is 19.6 Å². The number of oxazole rings is 1. The highest BCUT2D eigenvalue weighted by atomic mass is 19.1. The number of anilines is 1. The highest BCUT2D eigenvalue weighted by molar-refractivity contribution is 5.76. The van der Waals surface area contributed by atoms with Gasteiger partial charge in [-0.05, 0) is 18.6 Å². The van der Waals surface area contributed by atoms with Gasteiger partial charge in [-0.2, -0.15) is 4.98 Å². The second-order valence-electron chi connectivity index (χ2n) is 4.68. The van der Waals surface area contributed by atoms with Crippen molar-refractivity contribution < 1.29 is 18.3 Å². The van der Waals surface area contributed by atoms with Gasteiger partial charge in [-0.3, -0.25) is 0 Å². The zero-order valence-corrected chi connectivity index (χ0v) is 12.5. The maximum absolute atomic E-state index is 12.4. The minimum atomic E-state index is 0.106. The van der Waals surface area contributed by atoms with Crippen LogP contribution in [0, 0.1) is 0 Å². The highest BCUT2D eigenvalue weighted by Crippen LogP contribution is 2.24. The van der Waals surface area contributed by atoms with Crippen LogP contribution in [0.1, 0.15) is 6.42 Å². The molecule has 0 saturated heterocycles. The first-order chi connectivity index (χ1) is 10.8. The average Bonchev–Trinajstić information content (AvgIpc) is 2.94. The molecular formula is C15H20FN3O3. The maximum Gasteiger partial charge on any atom is 0.295 e. The summed E-state index contributed by atoms with van der Waals surface area (Å²) in [4.78, 5) is 4.31. The predicted molar refractivity (Wildman–Crippen MR) is 82.7 cm³/mol. The Morgan fingerprint density at radius 1 is 1.50 bits per heavy atom. The largest absolute Gasteiger partial charge is 0.489 e. The Bertz CT molecular complexity index is 628. The Balaban J connectivity index is 1.98. The van der Waals surface area contributed by atoms with Gasteiger partial charge in [0.1, 0.15) is 17.9 Å². The highest BCUT2D eigenvalue weighted by Gasteiger charge is 2.07. The van der Waals surface area contributed by atoms with Crippen molar-refractivity contribution in [3.63, 3.8) is 0 Å². The molecule has 0 atom stereocenters. The third kappa shape index (κ3) is 4.44. The van der Waals surface area contributed by atoms with Gasteiger partial charge < -0.3 is 24.9 Å². The molecule has 120 valence electrons. The Kier molecular flexibility index (Phi) is 6.17. The number of benzene rings is 1. The number of halogens is 1. The summed E-state index contributed by atoms with van der Waals surface area (Å²) in [5, 5.41) is 3.08. The molecule has 0 fully saturated rings. The molecule has 0 aliphatic heterocycles. The van der Waals surface area contributed by atoms with Gasteiger partial charge in [0.15, 0.2) is 5.58 Å². The van der Waals surface area contributed by atoms with E-state index in [2.05, 4.69) is 10.3 Å². The van der Waals surface area contributed by atoms with E-state index >= 15 is 0 Å². The summed E-state index contributed by atoms with van der Waals surface area (Å²) in [7, 11) is 1.66. The molecule has 22 heavy (non-hydrogen) atoms. The van der Waals surface area contributed by atoms with E-state index in [1.807, 2.05) is 0 Å². The lowest BCUT2D eigenvalue weighted by Gasteiger charge is -2.06. The minimum Gasteiger partial charge on any atom is -0.489 e. The number of nitrogens with one attached hydrogen (secondary N) is 1. The molecule has 2 aromatic rings. The van der Waals surface area contributed by atoms with E-state index in [0.717, 1.165) is 11.9 Å². The van der Waals surface area contributed by atoms with Crippen LogP contribution >= 0.6 is 0 Å². The van der Waals surface area contributed by atoms with Gasteiger partial charge >= 0.3 is 0 Å². The summed E-state index contributed by atoms with van der Waals surface area (Å²) >= 11 is 0.